The van der Waals surface area contributed by atoms with Crippen LogP contribution in [-0.4, -0.2) is 24.5 Å². The molecule has 0 aliphatic rings. The van der Waals surface area contributed by atoms with Crippen molar-refractivity contribution in [2.45, 2.75) is 11.4 Å². The van der Waals surface area contributed by atoms with Crippen LogP contribution in [0.25, 0.3) is 0 Å². The van der Waals surface area contributed by atoms with E-state index >= 15 is 0 Å². The molecule has 0 fully saturated rings. The van der Waals surface area contributed by atoms with Crippen molar-refractivity contribution in [2.24, 2.45) is 0 Å². The average molecular weight is 298 g/mol. The topological polar surface area (TPSA) is 96.4 Å². The van der Waals surface area contributed by atoms with E-state index in [9.17, 15) is 13.2 Å². The minimum absolute atomic E-state index is 0.0326. The number of carboxylic acid groups (broad SMARTS) is 1. The fraction of sp³-hybridized carbons (Fsp3) is 0.0909. The predicted octanol–water partition coefficient (Wildman–Crippen LogP) is 1.32. The van der Waals surface area contributed by atoms with Crippen LogP contribution >= 0.6 is 11.3 Å². The third-order valence-corrected chi connectivity index (χ3v) is 4.50. The summed E-state index contributed by atoms with van der Waals surface area (Å²) in [5, 5.41) is 10.5. The molecule has 2 rings (SSSR count). The van der Waals surface area contributed by atoms with Crippen LogP contribution in [0, 0.1) is 0 Å². The smallest absolute Gasteiger partial charge is 0.355 e. The van der Waals surface area contributed by atoms with Gasteiger partial charge in [0.2, 0.25) is 10.0 Å². The summed E-state index contributed by atoms with van der Waals surface area (Å²) in [6.45, 7) is -0.0326. The van der Waals surface area contributed by atoms with E-state index < -0.39 is 16.0 Å². The molecular weight excluding hydrogens is 288 g/mol. The molecule has 0 unspecified atom stereocenters. The molecule has 0 saturated carbocycles. The van der Waals surface area contributed by atoms with Gasteiger partial charge in [0.1, 0.15) is 5.01 Å². The van der Waals surface area contributed by atoms with Crippen molar-refractivity contribution < 1.29 is 18.3 Å². The summed E-state index contributed by atoms with van der Waals surface area (Å²) in [6, 6.07) is 7.93. The Labute approximate surface area is 113 Å². The lowest BCUT2D eigenvalue weighted by Crippen LogP contribution is -2.23. The molecule has 0 atom stereocenters. The van der Waals surface area contributed by atoms with E-state index in [1.54, 1.807) is 18.2 Å². The Morgan fingerprint density at radius 3 is 2.58 bits per heavy atom. The zero-order valence-electron chi connectivity index (χ0n) is 9.61. The van der Waals surface area contributed by atoms with E-state index in [2.05, 4.69) is 9.71 Å². The largest absolute Gasteiger partial charge is 0.476 e. The second-order valence-corrected chi connectivity index (χ2v) is 6.28. The molecule has 1 heterocycles. The standard InChI is InChI=1S/C11H10N2O4S2/c14-11(15)9-7-18-10(13-9)6-12-19(16,17)8-4-2-1-3-5-8/h1-5,7,12H,6H2,(H,14,15). The number of sulfonamides is 1. The van der Waals surface area contributed by atoms with Gasteiger partial charge in [0.05, 0.1) is 11.4 Å². The summed E-state index contributed by atoms with van der Waals surface area (Å²) in [7, 11) is -3.60. The number of hydrogen-bond acceptors (Lipinski definition) is 5. The van der Waals surface area contributed by atoms with Crippen LogP contribution < -0.4 is 4.72 Å². The van der Waals surface area contributed by atoms with Crippen LogP contribution in [0.1, 0.15) is 15.5 Å². The molecule has 0 bridgehead atoms. The van der Waals surface area contributed by atoms with Gasteiger partial charge in [0, 0.05) is 5.38 Å². The summed E-state index contributed by atoms with van der Waals surface area (Å²) in [6.07, 6.45) is 0. The molecule has 0 aliphatic carbocycles. The van der Waals surface area contributed by atoms with Crippen LogP contribution in [0.2, 0.25) is 0 Å². The SMILES string of the molecule is O=C(O)c1csc(CNS(=O)(=O)c2ccccc2)n1. The summed E-state index contributed by atoms with van der Waals surface area (Å²) in [5.74, 6) is -1.13. The molecule has 0 amide bonds. The first-order valence-electron chi connectivity index (χ1n) is 5.21. The van der Waals surface area contributed by atoms with Crippen LogP contribution in [0.15, 0.2) is 40.6 Å². The van der Waals surface area contributed by atoms with Crippen LogP contribution in [0.4, 0.5) is 0 Å². The number of rotatable bonds is 5. The third kappa shape index (κ3) is 3.37. The number of aromatic carboxylic acids is 1. The fourth-order valence-corrected chi connectivity index (χ4v) is 3.14. The second kappa shape index (κ2) is 5.47. The maximum absolute atomic E-state index is 11.9. The van der Waals surface area contributed by atoms with E-state index in [4.69, 9.17) is 5.11 Å². The van der Waals surface area contributed by atoms with Crippen molar-refractivity contribution in [3.8, 4) is 0 Å². The fourth-order valence-electron chi connectivity index (χ4n) is 1.33. The van der Waals surface area contributed by atoms with Gasteiger partial charge >= 0.3 is 5.97 Å². The molecule has 1 aromatic carbocycles. The molecule has 19 heavy (non-hydrogen) atoms. The van der Waals surface area contributed by atoms with E-state index in [-0.39, 0.29) is 17.1 Å². The van der Waals surface area contributed by atoms with Gasteiger partial charge in [-0.1, -0.05) is 18.2 Å². The average Bonchev–Trinajstić information content (AvgIpc) is 2.87. The normalized spacial score (nSPS) is 11.4. The highest BCUT2D eigenvalue weighted by Gasteiger charge is 2.15. The van der Waals surface area contributed by atoms with Gasteiger partial charge in [-0.3, -0.25) is 0 Å². The van der Waals surface area contributed by atoms with Crippen molar-refractivity contribution >= 4 is 27.3 Å². The van der Waals surface area contributed by atoms with Gasteiger partial charge in [-0.05, 0) is 12.1 Å². The Morgan fingerprint density at radius 2 is 2.00 bits per heavy atom. The molecule has 8 heteroatoms. The Morgan fingerprint density at radius 1 is 1.32 bits per heavy atom. The van der Waals surface area contributed by atoms with Crippen molar-refractivity contribution in [3.63, 3.8) is 0 Å². The van der Waals surface area contributed by atoms with Gasteiger partial charge in [0.25, 0.3) is 0 Å². The molecule has 1 aromatic heterocycles. The summed E-state index contributed by atoms with van der Waals surface area (Å²) < 4.78 is 26.2. The Kier molecular flexibility index (Phi) is 3.93. The molecule has 0 radical (unpaired) electrons. The molecular formula is C11H10N2O4S2. The van der Waals surface area contributed by atoms with Crippen molar-refractivity contribution in [1.82, 2.24) is 9.71 Å². The van der Waals surface area contributed by atoms with Crippen LogP contribution in [-0.2, 0) is 16.6 Å². The van der Waals surface area contributed by atoms with Gasteiger partial charge in [-0.25, -0.2) is 22.9 Å². The summed E-state index contributed by atoms with van der Waals surface area (Å²) in [5.41, 5.74) is -0.0843. The molecule has 2 aromatic rings. The number of aromatic nitrogens is 1. The first kappa shape index (κ1) is 13.7. The van der Waals surface area contributed by atoms with E-state index in [0.717, 1.165) is 11.3 Å². The number of nitrogens with one attached hydrogen (secondary N) is 1. The van der Waals surface area contributed by atoms with Crippen LogP contribution in [0.3, 0.4) is 0 Å². The molecule has 0 spiro atoms. The van der Waals surface area contributed by atoms with E-state index in [1.807, 2.05) is 0 Å². The zero-order valence-corrected chi connectivity index (χ0v) is 11.2. The van der Waals surface area contributed by atoms with Crippen LogP contribution in [0.5, 0.6) is 0 Å². The molecule has 2 N–H and O–H groups in total. The highest BCUT2D eigenvalue weighted by atomic mass is 32.2. The number of thiazole rings is 1. The lowest BCUT2D eigenvalue weighted by atomic mass is 10.4. The number of benzene rings is 1. The Hall–Kier alpha value is -1.77. The Bertz CT molecular complexity index is 680. The monoisotopic (exact) mass is 298 g/mol. The number of nitrogens with zero attached hydrogens (tertiary/aromatic N) is 1. The molecule has 100 valence electrons. The number of hydrogen-bond donors (Lipinski definition) is 2. The van der Waals surface area contributed by atoms with Gasteiger partial charge in [-0.15, -0.1) is 11.3 Å². The highest BCUT2D eigenvalue weighted by molar-refractivity contribution is 7.89. The second-order valence-electron chi connectivity index (χ2n) is 3.57. The third-order valence-electron chi connectivity index (χ3n) is 2.24. The first-order valence-corrected chi connectivity index (χ1v) is 7.58. The maximum atomic E-state index is 11.9. The summed E-state index contributed by atoms with van der Waals surface area (Å²) >= 11 is 1.09. The highest BCUT2D eigenvalue weighted by Crippen LogP contribution is 2.12. The quantitative estimate of drug-likeness (QED) is 0.867. The summed E-state index contributed by atoms with van der Waals surface area (Å²) in [4.78, 5) is 14.6. The van der Waals surface area contributed by atoms with E-state index in [1.165, 1.54) is 17.5 Å². The lowest BCUT2D eigenvalue weighted by Gasteiger charge is -2.04. The minimum Gasteiger partial charge on any atom is -0.476 e. The number of carboxylic acids is 1. The molecule has 0 aliphatic heterocycles. The van der Waals surface area contributed by atoms with Gasteiger partial charge in [0.15, 0.2) is 5.69 Å². The Balaban J connectivity index is 2.08. The van der Waals surface area contributed by atoms with Crippen molar-refractivity contribution in [2.75, 3.05) is 0 Å². The molecule has 6 nitrogen and oxygen atoms in total. The molecule has 0 saturated heterocycles. The minimum atomic E-state index is -3.60. The lowest BCUT2D eigenvalue weighted by molar-refractivity contribution is 0.0691. The predicted molar refractivity (Wildman–Crippen MR) is 69.5 cm³/mol. The van der Waals surface area contributed by atoms with Gasteiger partial charge < -0.3 is 5.11 Å². The van der Waals surface area contributed by atoms with Gasteiger partial charge in [-0.2, -0.15) is 0 Å². The zero-order chi connectivity index (χ0) is 13.9. The maximum Gasteiger partial charge on any atom is 0.355 e. The number of carbonyl (C=O) groups is 1. The first-order chi connectivity index (χ1) is 8.99. The van der Waals surface area contributed by atoms with E-state index in [0.29, 0.717) is 5.01 Å². The van der Waals surface area contributed by atoms with Crippen molar-refractivity contribution in [1.29, 1.82) is 0 Å². The van der Waals surface area contributed by atoms with Crippen molar-refractivity contribution in [3.05, 3.63) is 46.4 Å².